The molecule has 0 aliphatic carbocycles. The summed E-state index contributed by atoms with van der Waals surface area (Å²) in [4.78, 5) is 12.0. The van der Waals surface area contributed by atoms with Gasteiger partial charge in [0.25, 0.3) is 0 Å². The standard InChI is InChI=1S/C14H10BrClO2/c1-9-8-10(15)6-7-13(9)18-14(17)11-4-2-3-5-12(11)16/h2-8H,1H3. The lowest BCUT2D eigenvalue weighted by atomic mass is 10.2. The van der Waals surface area contributed by atoms with Crippen molar-refractivity contribution in [2.24, 2.45) is 0 Å². The molecule has 18 heavy (non-hydrogen) atoms. The Hall–Kier alpha value is -1.32. The molecule has 0 bridgehead atoms. The first-order chi connectivity index (χ1) is 8.58. The molecule has 0 aliphatic rings. The van der Waals surface area contributed by atoms with E-state index in [9.17, 15) is 4.79 Å². The van der Waals surface area contributed by atoms with Gasteiger partial charge in [0, 0.05) is 4.47 Å². The van der Waals surface area contributed by atoms with Crippen molar-refractivity contribution in [2.45, 2.75) is 6.92 Å². The van der Waals surface area contributed by atoms with Gasteiger partial charge in [0.1, 0.15) is 5.75 Å². The summed E-state index contributed by atoms with van der Waals surface area (Å²) in [6.45, 7) is 1.87. The van der Waals surface area contributed by atoms with Crippen molar-refractivity contribution in [3.05, 3.63) is 63.1 Å². The van der Waals surface area contributed by atoms with Crippen LogP contribution in [0.3, 0.4) is 0 Å². The minimum Gasteiger partial charge on any atom is -0.423 e. The molecule has 2 nitrogen and oxygen atoms in total. The second-order valence-corrected chi connectivity index (χ2v) is 5.10. The number of hydrogen-bond donors (Lipinski definition) is 0. The highest BCUT2D eigenvalue weighted by atomic mass is 79.9. The summed E-state index contributed by atoms with van der Waals surface area (Å²) in [6, 6.07) is 12.3. The molecule has 0 heterocycles. The number of benzene rings is 2. The molecule has 92 valence electrons. The Morgan fingerprint density at radius 2 is 1.94 bits per heavy atom. The number of rotatable bonds is 2. The van der Waals surface area contributed by atoms with E-state index >= 15 is 0 Å². The van der Waals surface area contributed by atoms with Crippen molar-refractivity contribution in [2.75, 3.05) is 0 Å². The molecule has 2 aromatic carbocycles. The highest BCUT2D eigenvalue weighted by molar-refractivity contribution is 9.10. The molecular weight excluding hydrogens is 316 g/mol. The number of aryl methyl sites for hydroxylation is 1. The molecule has 0 amide bonds. The van der Waals surface area contributed by atoms with Gasteiger partial charge < -0.3 is 4.74 Å². The zero-order valence-corrected chi connectivity index (χ0v) is 12.0. The Kier molecular flexibility index (Phi) is 4.04. The van der Waals surface area contributed by atoms with E-state index in [1.807, 2.05) is 19.1 Å². The van der Waals surface area contributed by atoms with Crippen LogP contribution in [0.5, 0.6) is 5.75 Å². The summed E-state index contributed by atoms with van der Waals surface area (Å²) < 4.78 is 6.26. The largest absolute Gasteiger partial charge is 0.423 e. The molecule has 0 aliphatic heterocycles. The normalized spacial score (nSPS) is 10.2. The van der Waals surface area contributed by atoms with Crippen LogP contribution in [-0.2, 0) is 0 Å². The van der Waals surface area contributed by atoms with Crippen LogP contribution in [0.15, 0.2) is 46.9 Å². The summed E-state index contributed by atoms with van der Waals surface area (Å²) in [6.07, 6.45) is 0. The van der Waals surface area contributed by atoms with Gasteiger partial charge in [-0.1, -0.05) is 39.7 Å². The summed E-state index contributed by atoms with van der Waals surface area (Å²) in [7, 11) is 0. The average Bonchev–Trinajstić information content (AvgIpc) is 2.33. The quantitative estimate of drug-likeness (QED) is 0.594. The van der Waals surface area contributed by atoms with E-state index in [0.29, 0.717) is 16.3 Å². The molecule has 2 rings (SSSR count). The van der Waals surface area contributed by atoms with Gasteiger partial charge in [-0.15, -0.1) is 0 Å². The summed E-state index contributed by atoms with van der Waals surface area (Å²) in [5, 5.41) is 0.386. The number of halogens is 2. The molecule has 0 unspecified atom stereocenters. The van der Waals surface area contributed by atoms with Crippen molar-refractivity contribution in [1.29, 1.82) is 0 Å². The van der Waals surface area contributed by atoms with Crippen molar-refractivity contribution in [3.8, 4) is 5.75 Å². The van der Waals surface area contributed by atoms with E-state index in [2.05, 4.69) is 15.9 Å². The van der Waals surface area contributed by atoms with Crippen LogP contribution in [0.4, 0.5) is 0 Å². The van der Waals surface area contributed by atoms with Crippen LogP contribution >= 0.6 is 27.5 Å². The Labute approximate surface area is 119 Å². The lowest BCUT2D eigenvalue weighted by Crippen LogP contribution is -2.09. The monoisotopic (exact) mass is 324 g/mol. The van der Waals surface area contributed by atoms with Gasteiger partial charge in [0.2, 0.25) is 0 Å². The predicted octanol–water partition coefficient (Wildman–Crippen LogP) is 4.63. The SMILES string of the molecule is Cc1cc(Br)ccc1OC(=O)c1ccccc1Cl. The second-order valence-electron chi connectivity index (χ2n) is 3.78. The molecule has 2 aromatic rings. The third-order valence-corrected chi connectivity index (χ3v) is 3.26. The fraction of sp³-hybridized carbons (Fsp3) is 0.0714. The Morgan fingerprint density at radius 3 is 2.61 bits per heavy atom. The molecule has 0 atom stereocenters. The number of carbonyl (C=O) groups excluding carboxylic acids is 1. The van der Waals surface area contributed by atoms with E-state index in [0.717, 1.165) is 10.0 Å². The van der Waals surface area contributed by atoms with Crippen LogP contribution in [0.2, 0.25) is 5.02 Å². The summed E-state index contributed by atoms with van der Waals surface area (Å²) in [5.74, 6) is 0.0779. The lowest BCUT2D eigenvalue weighted by molar-refractivity contribution is 0.0733. The van der Waals surface area contributed by atoms with Gasteiger partial charge in [-0.3, -0.25) is 0 Å². The third-order valence-electron chi connectivity index (χ3n) is 2.43. The first kappa shape index (κ1) is 13.1. The maximum Gasteiger partial charge on any atom is 0.345 e. The smallest absolute Gasteiger partial charge is 0.345 e. The average molecular weight is 326 g/mol. The maximum atomic E-state index is 12.0. The second kappa shape index (κ2) is 5.55. The zero-order valence-electron chi connectivity index (χ0n) is 9.61. The fourth-order valence-corrected chi connectivity index (χ4v) is 2.20. The van der Waals surface area contributed by atoms with Crippen molar-refractivity contribution in [3.63, 3.8) is 0 Å². The van der Waals surface area contributed by atoms with Crippen LogP contribution in [0.1, 0.15) is 15.9 Å². The molecule has 0 saturated carbocycles. The van der Waals surface area contributed by atoms with Gasteiger partial charge in [-0.2, -0.15) is 0 Å². The molecule has 0 saturated heterocycles. The van der Waals surface area contributed by atoms with Crippen molar-refractivity contribution in [1.82, 2.24) is 0 Å². The minimum absolute atomic E-state index is 0.362. The minimum atomic E-state index is -0.453. The molecule has 0 fully saturated rings. The lowest BCUT2D eigenvalue weighted by Gasteiger charge is -2.08. The number of esters is 1. The zero-order chi connectivity index (χ0) is 13.1. The van der Waals surface area contributed by atoms with Gasteiger partial charge in [0.15, 0.2) is 0 Å². The number of hydrogen-bond acceptors (Lipinski definition) is 2. The third kappa shape index (κ3) is 2.92. The van der Waals surface area contributed by atoms with Gasteiger partial charge in [-0.25, -0.2) is 4.79 Å². The highest BCUT2D eigenvalue weighted by Gasteiger charge is 2.13. The van der Waals surface area contributed by atoms with E-state index in [1.165, 1.54) is 0 Å². The predicted molar refractivity (Wildman–Crippen MR) is 75.3 cm³/mol. The van der Waals surface area contributed by atoms with Crippen LogP contribution in [0.25, 0.3) is 0 Å². The summed E-state index contributed by atoms with van der Waals surface area (Å²) >= 11 is 9.30. The highest BCUT2D eigenvalue weighted by Crippen LogP contribution is 2.24. The van der Waals surface area contributed by atoms with Gasteiger partial charge >= 0.3 is 5.97 Å². The molecule has 0 aromatic heterocycles. The van der Waals surface area contributed by atoms with Gasteiger partial charge in [0.05, 0.1) is 10.6 Å². The van der Waals surface area contributed by atoms with Crippen LogP contribution in [0, 0.1) is 6.92 Å². The van der Waals surface area contributed by atoms with Crippen molar-refractivity contribution < 1.29 is 9.53 Å². The molecule has 0 N–H and O–H groups in total. The van der Waals surface area contributed by atoms with E-state index in [-0.39, 0.29) is 0 Å². The Bertz CT molecular complexity index is 596. The van der Waals surface area contributed by atoms with E-state index < -0.39 is 5.97 Å². The Balaban J connectivity index is 2.24. The van der Waals surface area contributed by atoms with Gasteiger partial charge in [-0.05, 0) is 42.8 Å². The van der Waals surface area contributed by atoms with Crippen LogP contribution in [-0.4, -0.2) is 5.97 Å². The fourth-order valence-electron chi connectivity index (χ4n) is 1.51. The molecule has 4 heteroatoms. The van der Waals surface area contributed by atoms with Crippen LogP contribution < -0.4 is 4.74 Å². The topological polar surface area (TPSA) is 26.3 Å². The maximum absolute atomic E-state index is 12.0. The first-order valence-corrected chi connectivity index (χ1v) is 6.48. The molecule has 0 spiro atoms. The first-order valence-electron chi connectivity index (χ1n) is 5.31. The Morgan fingerprint density at radius 1 is 1.22 bits per heavy atom. The molecule has 0 radical (unpaired) electrons. The number of ether oxygens (including phenoxy) is 1. The van der Waals surface area contributed by atoms with E-state index in [1.54, 1.807) is 30.3 Å². The van der Waals surface area contributed by atoms with Crippen molar-refractivity contribution >= 4 is 33.5 Å². The van der Waals surface area contributed by atoms with E-state index in [4.69, 9.17) is 16.3 Å². The molecular formula is C14H10BrClO2. The summed E-state index contributed by atoms with van der Waals surface area (Å²) in [5.41, 5.74) is 1.24. The number of carbonyl (C=O) groups is 1.